The molecule has 1 aromatic heterocycles. The quantitative estimate of drug-likeness (QED) is 0.466. The van der Waals surface area contributed by atoms with Crippen LogP contribution < -0.4 is 14.4 Å². The number of carbonyl (C=O) groups is 1. The first-order valence-electron chi connectivity index (χ1n) is 11.3. The predicted octanol–water partition coefficient (Wildman–Crippen LogP) is 3.18. The number of carbonyl (C=O) groups excluding carboxylic acids is 1. The molecule has 186 valence electrons. The van der Waals surface area contributed by atoms with Crippen LogP contribution in [0.25, 0.3) is 11.3 Å². The van der Waals surface area contributed by atoms with Crippen LogP contribution >= 0.6 is 0 Å². The van der Waals surface area contributed by atoms with Gasteiger partial charge < -0.3 is 23.8 Å². The van der Waals surface area contributed by atoms with Crippen molar-refractivity contribution in [2.24, 2.45) is 0 Å². The number of hydrogen-bond acceptors (Lipinski definition) is 8. The van der Waals surface area contributed by atoms with Crippen LogP contribution in [0.1, 0.15) is 12.1 Å². The van der Waals surface area contributed by atoms with E-state index in [0.717, 1.165) is 11.4 Å². The molecule has 0 spiro atoms. The molecule has 0 radical (unpaired) electrons. The van der Waals surface area contributed by atoms with Gasteiger partial charge in [0.25, 0.3) is 0 Å². The number of ether oxygens (including phenoxy) is 2. The predicted molar refractivity (Wildman–Crippen MR) is 132 cm³/mol. The Bertz CT molecular complexity index is 1300. The number of sulfone groups is 1. The SMILES string of the molecule is COc1ccccc1N1CCN(C(=O)CCS(=O)(=O)c2cc(-c3cc(C)no3)ccc2OC)CC1. The van der Waals surface area contributed by atoms with Gasteiger partial charge in [-0.15, -0.1) is 0 Å². The molecule has 1 amide bonds. The zero-order chi connectivity index (χ0) is 25.0. The third-order valence-electron chi connectivity index (χ3n) is 6.05. The second-order valence-electron chi connectivity index (χ2n) is 8.31. The minimum Gasteiger partial charge on any atom is -0.495 e. The highest BCUT2D eigenvalue weighted by Crippen LogP contribution is 2.32. The minimum absolute atomic E-state index is 0.0281. The van der Waals surface area contributed by atoms with Gasteiger partial charge in [0.2, 0.25) is 5.91 Å². The molecule has 1 aliphatic rings. The summed E-state index contributed by atoms with van der Waals surface area (Å²) in [6, 6.07) is 14.3. The summed E-state index contributed by atoms with van der Waals surface area (Å²) in [5, 5.41) is 3.86. The van der Waals surface area contributed by atoms with Crippen LogP contribution in [0.5, 0.6) is 11.5 Å². The molecule has 2 heterocycles. The summed E-state index contributed by atoms with van der Waals surface area (Å²) < 4.78 is 42.3. The number of aromatic nitrogens is 1. The number of methoxy groups -OCH3 is 2. The van der Waals surface area contributed by atoms with Crippen molar-refractivity contribution < 1.29 is 27.2 Å². The van der Waals surface area contributed by atoms with Gasteiger partial charge in [-0.2, -0.15) is 0 Å². The third kappa shape index (κ3) is 5.43. The fourth-order valence-corrected chi connectivity index (χ4v) is 5.58. The molecule has 3 aromatic rings. The Hall–Kier alpha value is -3.53. The molecule has 1 fully saturated rings. The van der Waals surface area contributed by atoms with E-state index < -0.39 is 9.84 Å². The van der Waals surface area contributed by atoms with Crippen molar-refractivity contribution in [3.8, 4) is 22.8 Å². The highest BCUT2D eigenvalue weighted by molar-refractivity contribution is 7.91. The van der Waals surface area contributed by atoms with Gasteiger partial charge in [0.05, 0.1) is 31.4 Å². The van der Waals surface area contributed by atoms with Crippen molar-refractivity contribution in [1.82, 2.24) is 10.1 Å². The second-order valence-corrected chi connectivity index (χ2v) is 10.4. The van der Waals surface area contributed by atoms with Gasteiger partial charge in [-0.05, 0) is 37.3 Å². The average molecular weight is 500 g/mol. The first-order valence-corrected chi connectivity index (χ1v) is 13.0. The van der Waals surface area contributed by atoms with Crippen LogP contribution in [0.15, 0.2) is 57.9 Å². The molecular formula is C25H29N3O6S. The van der Waals surface area contributed by atoms with Gasteiger partial charge in [-0.3, -0.25) is 4.79 Å². The van der Waals surface area contributed by atoms with E-state index in [0.29, 0.717) is 43.2 Å². The first-order chi connectivity index (χ1) is 16.8. The molecule has 35 heavy (non-hydrogen) atoms. The molecule has 0 unspecified atom stereocenters. The number of amides is 1. The highest BCUT2D eigenvalue weighted by Gasteiger charge is 2.26. The number of rotatable bonds is 8. The molecule has 0 N–H and O–H groups in total. The van der Waals surface area contributed by atoms with Gasteiger partial charge >= 0.3 is 0 Å². The van der Waals surface area contributed by atoms with Crippen LogP contribution in [-0.4, -0.2) is 70.5 Å². The lowest BCUT2D eigenvalue weighted by atomic mass is 10.1. The fourth-order valence-electron chi connectivity index (χ4n) is 4.15. The van der Waals surface area contributed by atoms with Crippen molar-refractivity contribution >= 4 is 21.4 Å². The first kappa shape index (κ1) is 24.6. The lowest BCUT2D eigenvalue weighted by Gasteiger charge is -2.36. The summed E-state index contributed by atoms with van der Waals surface area (Å²) in [6.07, 6.45) is -0.105. The summed E-state index contributed by atoms with van der Waals surface area (Å²) in [4.78, 5) is 16.8. The van der Waals surface area contributed by atoms with E-state index in [1.54, 1.807) is 37.1 Å². The molecule has 10 heteroatoms. The largest absolute Gasteiger partial charge is 0.495 e. The van der Waals surface area contributed by atoms with E-state index in [1.807, 2.05) is 24.3 Å². The van der Waals surface area contributed by atoms with Crippen LogP contribution in [0, 0.1) is 6.92 Å². The molecule has 0 saturated carbocycles. The number of hydrogen-bond donors (Lipinski definition) is 0. The Morgan fingerprint density at radius 3 is 2.37 bits per heavy atom. The Labute approximate surface area is 205 Å². The molecule has 0 aliphatic carbocycles. The second kappa shape index (κ2) is 10.4. The van der Waals surface area contributed by atoms with Crippen molar-refractivity contribution in [2.75, 3.05) is 51.1 Å². The number of nitrogens with zero attached hydrogens (tertiary/aromatic N) is 3. The summed E-state index contributed by atoms with van der Waals surface area (Å²) >= 11 is 0. The molecule has 0 atom stereocenters. The number of piperazine rings is 1. The Morgan fingerprint density at radius 1 is 1.00 bits per heavy atom. The summed E-state index contributed by atoms with van der Waals surface area (Å²) in [5.74, 6) is 0.978. The van der Waals surface area contributed by atoms with E-state index in [1.165, 1.54) is 13.2 Å². The maximum absolute atomic E-state index is 13.2. The third-order valence-corrected chi connectivity index (χ3v) is 7.78. The minimum atomic E-state index is -3.78. The van der Waals surface area contributed by atoms with Crippen LogP contribution in [-0.2, 0) is 14.6 Å². The molecule has 0 bridgehead atoms. The van der Waals surface area contributed by atoms with Crippen LogP contribution in [0.2, 0.25) is 0 Å². The van der Waals surface area contributed by atoms with Crippen LogP contribution in [0.4, 0.5) is 5.69 Å². The van der Waals surface area contributed by atoms with Crippen molar-refractivity contribution in [3.05, 3.63) is 54.2 Å². The molecule has 2 aromatic carbocycles. The molecule has 1 saturated heterocycles. The summed E-state index contributed by atoms with van der Waals surface area (Å²) in [7, 11) is -0.734. The van der Waals surface area contributed by atoms with E-state index in [9.17, 15) is 13.2 Å². The Morgan fingerprint density at radius 2 is 1.71 bits per heavy atom. The highest BCUT2D eigenvalue weighted by atomic mass is 32.2. The Kier molecular flexibility index (Phi) is 7.30. The number of para-hydroxylation sites is 2. The Balaban J connectivity index is 1.41. The maximum Gasteiger partial charge on any atom is 0.223 e. The van der Waals surface area contributed by atoms with Gasteiger partial charge in [-0.1, -0.05) is 17.3 Å². The van der Waals surface area contributed by atoms with Gasteiger partial charge in [0.1, 0.15) is 16.4 Å². The van der Waals surface area contributed by atoms with Gasteiger partial charge in [0, 0.05) is 44.2 Å². The number of anilines is 1. The normalized spacial score (nSPS) is 14.1. The number of aryl methyl sites for hydroxylation is 1. The topological polar surface area (TPSA) is 102 Å². The lowest BCUT2D eigenvalue weighted by molar-refractivity contribution is -0.131. The van der Waals surface area contributed by atoms with E-state index >= 15 is 0 Å². The average Bonchev–Trinajstić information content (AvgIpc) is 3.33. The van der Waals surface area contributed by atoms with E-state index in [-0.39, 0.29) is 28.7 Å². The van der Waals surface area contributed by atoms with Crippen LogP contribution in [0.3, 0.4) is 0 Å². The monoisotopic (exact) mass is 499 g/mol. The summed E-state index contributed by atoms with van der Waals surface area (Å²) in [5.41, 5.74) is 2.25. The molecule has 9 nitrogen and oxygen atoms in total. The zero-order valence-electron chi connectivity index (χ0n) is 20.1. The van der Waals surface area contributed by atoms with E-state index in [4.69, 9.17) is 14.0 Å². The van der Waals surface area contributed by atoms with Gasteiger partial charge in [-0.25, -0.2) is 8.42 Å². The van der Waals surface area contributed by atoms with Crippen molar-refractivity contribution in [2.45, 2.75) is 18.2 Å². The van der Waals surface area contributed by atoms with Crippen molar-refractivity contribution in [3.63, 3.8) is 0 Å². The van der Waals surface area contributed by atoms with Crippen molar-refractivity contribution in [1.29, 1.82) is 0 Å². The maximum atomic E-state index is 13.2. The fraction of sp³-hybridized carbons (Fsp3) is 0.360. The lowest BCUT2D eigenvalue weighted by Crippen LogP contribution is -2.49. The zero-order valence-corrected chi connectivity index (χ0v) is 20.9. The van der Waals surface area contributed by atoms with Gasteiger partial charge in [0.15, 0.2) is 15.6 Å². The van der Waals surface area contributed by atoms with E-state index in [2.05, 4.69) is 10.1 Å². The molecule has 4 rings (SSSR count). The molecule has 1 aliphatic heterocycles. The standard InChI is InChI=1S/C25H29N3O6S/c1-18-16-23(34-26-18)19-8-9-22(33-3)24(17-19)35(30,31)15-10-25(29)28-13-11-27(12-14-28)20-6-4-5-7-21(20)32-2/h4-9,16-17H,10-15H2,1-3H3. The number of benzene rings is 2. The summed E-state index contributed by atoms with van der Waals surface area (Å²) in [6.45, 7) is 4.10. The smallest absolute Gasteiger partial charge is 0.223 e. The molecular weight excluding hydrogens is 470 g/mol.